The maximum atomic E-state index is 12.7. The van der Waals surface area contributed by atoms with Gasteiger partial charge in [0.05, 0.1) is 6.61 Å². The summed E-state index contributed by atoms with van der Waals surface area (Å²) < 4.78 is 53.8. The number of unbranched alkanes of at least 4 members (excludes halogenated alkanes) is 12. The number of ether oxygens (including phenoxy) is 4. The van der Waals surface area contributed by atoms with Crippen molar-refractivity contribution in [1.29, 1.82) is 0 Å². The van der Waals surface area contributed by atoms with Gasteiger partial charge in [-0.2, -0.15) is 8.42 Å². The van der Waals surface area contributed by atoms with Crippen LogP contribution < -0.4 is 0 Å². The van der Waals surface area contributed by atoms with Crippen LogP contribution in [0.4, 0.5) is 0 Å². The Morgan fingerprint density at radius 2 is 1.13 bits per heavy atom. The molecule has 0 spiro atoms. The molecule has 13 heteroatoms. The predicted molar refractivity (Wildman–Crippen MR) is 210 cm³/mol. The number of hydrogen-bond donors (Lipinski definition) is 4. The summed E-state index contributed by atoms with van der Waals surface area (Å²) in [6.07, 6.45) is 26.0. The van der Waals surface area contributed by atoms with Crippen molar-refractivity contribution in [1.82, 2.24) is 0 Å². The molecule has 2 unspecified atom stereocenters. The molecule has 4 N–H and O–H groups in total. The summed E-state index contributed by atoms with van der Waals surface area (Å²) in [7, 11) is -4.60. The van der Waals surface area contributed by atoms with Crippen molar-refractivity contribution < 1.29 is 56.8 Å². The maximum Gasteiger partial charge on any atom is 0.306 e. The number of aliphatic hydroxyl groups excluding tert-OH is 3. The van der Waals surface area contributed by atoms with Gasteiger partial charge in [-0.15, -0.1) is 0 Å². The minimum atomic E-state index is -4.60. The standard InChI is InChI=1S/C41H70O12S/c1-3-5-7-9-11-13-15-16-17-18-20-22-24-26-28-30-37(43)52-34(31-50-36(42)29-27-25-23-21-19-14-12-10-8-6-4-2)32-51-41-40(46)39(45)38(44)35(53-41)33-54(47,48)49/h10-13,16-17,20,22,34-35,38-41,44-46H,3-9,14-15,18-19,21,23-33H2,1-2H3,(H,47,48,49)/b12-10+,13-11+,17-16+,22-20+/t34-,35-,38-,39?,40?,41+/m1/s1. The first-order valence-corrected chi connectivity index (χ1v) is 21.8. The molecule has 1 rings (SSSR count). The van der Waals surface area contributed by atoms with Crippen LogP contribution in [0, 0.1) is 0 Å². The van der Waals surface area contributed by atoms with E-state index in [4.69, 9.17) is 18.9 Å². The third-order valence-electron chi connectivity index (χ3n) is 8.88. The van der Waals surface area contributed by atoms with Crippen molar-refractivity contribution >= 4 is 22.1 Å². The van der Waals surface area contributed by atoms with Gasteiger partial charge in [0.2, 0.25) is 0 Å². The summed E-state index contributed by atoms with van der Waals surface area (Å²) >= 11 is 0. The Morgan fingerprint density at radius 1 is 0.630 bits per heavy atom. The van der Waals surface area contributed by atoms with Crippen LogP contribution >= 0.6 is 0 Å². The number of carbonyl (C=O) groups excluding carboxylic acids is 2. The van der Waals surface area contributed by atoms with E-state index in [-0.39, 0.29) is 19.4 Å². The van der Waals surface area contributed by atoms with E-state index in [9.17, 15) is 37.9 Å². The van der Waals surface area contributed by atoms with E-state index < -0.39 is 71.2 Å². The first kappa shape index (κ1) is 49.6. The Kier molecular flexibility index (Phi) is 29.2. The molecule has 0 saturated carbocycles. The molecular formula is C41H70O12S. The van der Waals surface area contributed by atoms with E-state index in [1.54, 1.807) is 0 Å². The third kappa shape index (κ3) is 26.4. The Bertz CT molecular complexity index is 1200. The van der Waals surface area contributed by atoms with Gasteiger partial charge in [0, 0.05) is 12.8 Å². The molecule has 0 aromatic heterocycles. The summed E-state index contributed by atoms with van der Waals surface area (Å²) in [4.78, 5) is 25.2. The molecule has 0 aliphatic carbocycles. The smallest absolute Gasteiger partial charge is 0.306 e. The second-order valence-electron chi connectivity index (χ2n) is 13.9. The molecule has 1 heterocycles. The number of allylic oxidation sites excluding steroid dienone is 8. The van der Waals surface area contributed by atoms with Crippen LogP contribution in [0.15, 0.2) is 48.6 Å². The van der Waals surface area contributed by atoms with Crippen molar-refractivity contribution in [2.24, 2.45) is 0 Å². The van der Waals surface area contributed by atoms with Crippen molar-refractivity contribution in [3.63, 3.8) is 0 Å². The Balaban J connectivity index is 2.55. The predicted octanol–water partition coefficient (Wildman–Crippen LogP) is 7.22. The number of carbonyl (C=O) groups is 2. The van der Waals surface area contributed by atoms with Gasteiger partial charge in [-0.1, -0.05) is 107 Å². The van der Waals surface area contributed by atoms with Crippen LogP contribution in [-0.2, 0) is 38.7 Å². The fraction of sp³-hybridized carbons (Fsp3) is 0.756. The first-order valence-electron chi connectivity index (χ1n) is 20.2. The van der Waals surface area contributed by atoms with E-state index in [1.807, 2.05) is 0 Å². The molecule has 54 heavy (non-hydrogen) atoms. The van der Waals surface area contributed by atoms with E-state index in [0.717, 1.165) is 70.6 Å². The Morgan fingerprint density at radius 3 is 1.76 bits per heavy atom. The first-order chi connectivity index (χ1) is 26.0. The molecule has 1 saturated heterocycles. The SMILES string of the molecule is CCCC/C=C/CCCCCCCC(=O)OC[C@H](CO[C@H]1O[C@H](CS(=O)(=O)O)[C@@H](O)C(O)C1O)OC(=O)CCCC/C=C/C/C=C/C/C=C/CCCCC. The van der Waals surface area contributed by atoms with Gasteiger partial charge in [-0.25, -0.2) is 0 Å². The summed E-state index contributed by atoms with van der Waals surface area (Å²) in [5.41, 5.74) is 0. The second kappa shape index (κ2) is 31.8. The minimum absolute atomic E-state index is 0.112. The lowest BCUT2D eigenvalue weighted by atomic mass is 10.00. The maximum absolute atomic E-state index is 12.7. The van der Waals surface area contributed by atoms with Crippen LogP contribution in [0.1, 0.15) is 142 Å². The van der Waals surface area contributed by atoms with Gasteiger partial charge in [-0.3, -0.25) is 14.1 Å². The van der Waals surface area contributed by atoms with Crippen LogP contribution in [0.3, 0.4) is 0 Å². The molecule has 1 fully saturated rings. The highest BCUT2D eigenvalue weighted by Gasteiger charge is 2.46. The van der Waals surface area contributed by atoms with Gasteiger partial charge in [0.1, 0.15) is 36.8 Å². The van der Waals surface area contributed by atoms with Gasteiger partial charge in [0.15, 0.2) is 12.4 Å². The Labute approximate surface area is 324 Å². The molecular weight excluding hydrogens is 717 g/mol. The quantitative estimate of drug-likeness (QED) is 0.0233. The van der Waals surface area contributed by atoms with Crippen LogP contribution in [-0.4, -0.2) is 96.0 Å². The zero-order valence-corrected chi connectivity index (χ0v) is 33.6. The highest BCUT2D eigenvalue weighted by Crippen LogP contribution is 2.24. The largest absolute Gasteiger partial charge is 0.462 e. The summed E-state index contributed by atoms with van der Waals surface area (Å²) in [5.74, 6) is -2.05. The zero-order valence-electron chi connectivity index (χ0n) is 32.8. The average Bonchev–Trinajstić information content (AvgIpc) is 3.13. The van der Waals surface area contributed by atoms with Crippen molar-refractivity contribution in [2.75, 3.05) is 19.0 Å². The number of aliphatic hydroxyl groups is 3. The van der Waals surface area contributed by atoms with Crippen LogP contribution in [0.2, 0.25) is 0 Å². The lowest BCUT2D eigenvalue weighted by Gasteiger charge is -2.40. The second-order valence-corrected chi connectivity index (χ2v) is 15.4. The average molecular weight is 787 g/mol. The Hall–Kier alpha value is -2.39. The topological polar surface area (TPSA) is 186 Å². The number of hydrogen-bond acceptors (Lipinski definition) is 11. The minimum Gasteiger partial charge on any atom is -0.462 e. The molecule has 0 bridgehead atoms. The summed E-state index contributed by atoms with van der Waals surface area (Å²) in [6, 6.07) is 0. The lowest BCUT2D eigenvalue weighted by molar-refractivity contribution is -0.297. The third-order valence-corrected chi connectivity index (χ3v) is 9.63. The molecule has 0 aromatic rings. The van der Waals surface area contributed by atoms with Gasteiger partial charge < -0.3 is 34.3 Å². The van der Waals surface area contributed by atoms with Gasteiger partial charge in [0.25, 0.3) is 10.1 Å². The summed E-state index contributed by atoms with van der Waals surface area (Å²) in [5, 5.41) is 30.8. The van der Waals surface area contributed by atoms with Crippen LogP contribution in [0.5, 0.6) is 0 Å². The van der Waals surface area contributed by atoms with Gasteiger partial charge in [-0.05, 0) is 70.6 Å². The van der Waals surface area contributed by atoms with E-state index in [0.29, 0.717) is 12.8 Å². The van der Waals surface area contributed by atoms with E-state index >= 15 is 0 Å². The highest BCUT2D eigenvalue weighted by atomic mass is 32.2. The number of rotatable bonds is 32. The molecule has 312 valence electrons. The highest BCUT2D eigenvalue weighted by molar-refractivity contribution is 7.85. The molecule has 0 amide bonds. The molecule has 0 aromatic carbocycles. The van der Waals surface area contributed by atoms with Crippen LogP contribution in [0.25, 0.3) is 0 Å². The van der Waals surface area contributed by atoms with Gasteiger partial charge >= 0.3 is 11.9 Å². The van der Waals surface area contributed by atoms with E-state index in [1.165, 1.54) is 32.1 Å². The molecule has 1 aliphatic rings. The fourth-order valence-electron chi connectivity index (χ4n) is 5.66. The molecule has 12 nitrogen and oxygen atoms in total. The van der Waals surface area contributed by atoms with Crippen molar-refractivity contribution in [2.45, 2.75) is 179 Å². The molecule has 6 atom stereocenters. The van der Waals surface area contributed by atoms with Crippen molar-refractivity contribution in [3.8, 4) is 0 Å². The summed E-state index contributed by atoms with van der Waals surface area (Å²) in [6.45, 7) is 3.62. The van der Waals surface area contributed by atoms with E-state index in [2.05, 4.69) is 62.5 Å². The van der Waals surface area contributed by atoms with Crippen molar-refractivity contribution in [3.05, 3.63) is 48.6 Å². The molecule has 0 radical (unpaired) electrons. The molecule has 1 aliphatic heterocycles. The normalized spacial score (nSPS) is 21.5. The zero-order chi connectivity index (χ0) is 39.9. The fourth-order valence-corrected chi connectivity index (χ4v) is 6.35. The monoisotopic (exact) mass is 786 g/mol. The lowest BCUT2D eigenvalue weighted by Crippen LogP contribution is -2.60. The number of esters is 2.